The molecule has 0 aliphatic heterocycles. The number of benzene rings is 2. The van der Waals surface area contributed by atoms with Gasteiger partial charge in [-0.2, -0.15) is 13.2 Å². The molecule has 0 aromatic heterocycles. The number of ketones is 1. The zero-order chi connectivity index (χ0) is 23.2. The number of hydrogen-bond acceptors (Lipinski definition) is 5. The Morgan fingerprint density at radius 3 is 2.35 bits per heavy atom. The molecule has 2 rings (SSSR count). The molecule has 0 heterocycles. The molecule has 31 heavy (non-hydrogen) atoms. The molecule has 0 fully saturated rings. The predicted octanol–water partition coefficient (Wildman–Crippen LogP) is 4.78. The lowest BCUT2D eigenvalue weighted by Gasteiger charge is -2.18. The number of carbonyl (C=O) groups is 2. The third-order valence-corrected chi connectivity index (χ3v) is 4.47. The molecule has 1 N–H and O–H groups in total. The van der Waals surface area contributed by atoms with Gasteiger partial charge in [0.1, 0.15) is 0 Å². The van der Waals surface area contributed by atoms with E-state index in [9.17, 15) is 22.8 Å². The van der Waals surface area contributed by atoms with E-state index in [-0.39, 0.29) is 30.9 Å². The van der Waals surface area contributed by atoms with E-state index in [1.54, 1.807) is 37.2 Å². The number of nitrogens with zero attached hydrogens (tertiary/aromatic N) is 1. The predicted molar refractivity (Wildman–Crippen MR) is 112 cm³/mol. The summed E-state index contributed by atoms with van der Waals surface area (Å²) in [7, 11) is 4.71. The molecular formula is C22H25F3N2O4. The van der Waals surface area contributed by atoms with Gasteiger partial charge in [-0.3, -0.25) is 9.59 Å². The second-order valence-electron chi connectivity index (χ2n) is 7.04. The van der Waals surface area contributed by atoms with Crippen LogP contribution < -0.4 is 19.7 Å². The summed E-state index contributed by atoms with van der Waals surface area (Å²) in [5.74, 6) is 0.128. The van der Waals surface area contributed by atoms with Gasteiger partial charge in [-0.25, -0.2) is 0 Å². The fraction of sp³-hybridized carbons (Fsp3) is 0.364. The summed E-state index contributed by atoms with van der Waals surface area (Å²) in [6.07, 6.45) is -4.35. The average molecular weight is 438 g/mol. The lowest BCUT2D eigenvalue weighted by molar-refractivity contribution is -0.136. The largest absolute Gasteiger partial charge is 0.493 e. The van der Waals surface area contributed by atoms with Gasteiger partial charge < -0.3 is 19.7 Å². The monoisotopic (exact) mass is 438 g/mol. The lowest BCUT2D eigenvalue weighted by Crippen LogP contribution is -2.18. The highest BCUT2D eigenvalue weighted by atomic mass is 19.4. The van der Waals surface area contributed by atoms with Crippen LogP contribution >= 0.6 is 0 Å². The van der Waals surface area contributed by atoms with Crippen molar-refractivity contribution < 1.29 is 32.2 Å². The van der Waals surface area contributed by atoms with Gasteiger partial charge in [0.05, 0.1) is 25.0 Å². The van der Waals surface area contributed by atoms with Crippen LogP contribution in [-0.2, 0) is 11.0 Å². The number of rotatable bonds is 9. The first kappa shape index (κ1) is 24.0. The van der Waals surface area contributed by atoms with Crippen LogP contribution in [0.2, 0.25) is 0 Å². The molecule has 0 saturated heterocycles. The molecule has 0 aliphatic carbocycles. The van der Waals surface area contributed by atoms with Crippen LogP contribution in [0.4, 0.5) is 24.5 Å². The van der Waals surface area contributed by atoms with E-state index in [0.29, 0.717) is 22.7 Å². The van der Waals surface area contributed by atoms with Crippen molar-refractivity contribution in [1.82, 2.24) is 0 Å². The van der Waals surface area contributed by atoms with Crippen molar-refractivity contribution in [3.63, 3.8) is 0 Å². The first-order valence-electron chi connectivity index (χ1n) is 9.53. The minimum Gasteiger partial charge on any atom is -0.493 e. The number of halogens is 3. The van der Waals surface area contributed by atoms with Crippen molar-refractivity contribution in [3.05, 3.63) is 47.5 Å². The summed E-state index contributed by atoms with van der Waals surface area (Å²) in [6.45, 7) is 1.58. The van der Waals surface area contributed by atoms with E-state index < -0.39 is 17.6 Å². The molecular weight excluding hydrogens is 413 g/mol. The van der Waals surface area contributed by atoms with Crippen molar-refractivity contribution >= 4 is 23.1 Å². The molecule has 0 bridgehead atoms. The molecule has 2 aromatic rings. The van der Waals surface area contributed by atoms with E-state index in [0.717, 1.165) is 6.07 Å². The molecule has 2 aromatic carbocycles. The van der Waals surface area contributed by atoms with Gasteiger partial charge >= 0.3 is 6.18 Å². The number of hydrogen-bond donors (Lipinski definition) is 1. The Hall–Kier alpha value is -3.23. The van der Waals surface area contributed by atoms with Crippen molar-refractivity contribution in [1.29, 1.82) is 0 Å². The lowest BCUT2D eigenvalue weighted by atomic mass is 10.1. The summed E-state index contributed by atoms with van der Waals surface area (Å²) in [5.41, 5.74) is -0.336. The van der Waals surface area contributed by atoms with E-state index >= 15 is 0 Å². The van der Waals surface area contributed by atoms with Crippen LogP contribution in [0.15, 0.2) is 36.4 Å². The Kier molecular flexibility index (Phi) is 7.90. The Morgan fingerprint density at radius 1 is 1.06 bits per heavy atom. The number of methoxy groups -OCH3 is 1. The van der Waals surface area contributed by atoms with E-state index in [2.05, 4.69) is 5.32 Å². The Bertz CT molecular complexity index is 943. The van der Waals surface area contributed by atoms with E-state index in [4.69, 9.17) is 9.47 Å². The molecule has 1 amide bonds. The number of anilines is 2. The smallest absolute Gasteiger partial charge is 0.418 e. The maximum Gasteiger partial charge on any atom is 0.418 e. The van der Waals surface area contributed by atoms with Crippen LogP contribution in [-0.4, -0.2) is 39.5 Å². The average Bonchev–Trinajstić information content (AvgIpc) is 2.70. The van der Waals surface area contributed by atoms with Gasteiger partial charge in [-0.05, 0) is 49.7 Å². The fourth-order valence-electron chi connectivity index (χ4n) is 2.79. The van der Waals surface area contributed by atoms with Crippen LogP contribution in [0, 0.1) is 0 Å². The first-order chi connectivity index (χ1) is 14.5. The third kappa shape index (κ3) is 6.63. The van der Waals surface area contributed by atoms with Crippen molar-refractivity contribution in [2.45, 2.75) is 25.9 Å². The van der Waals surface area contributed by atoms with E-state index in [1.807, 2.05) is 0 Å². The standard InChI is InChI=1S/C22H25F3N2O4/c1-14(28)15-7-10-19(20(12-15)30-4)31-11-5-6-21(29)26-18-9-8-16(27(2)3)13-17(18)22(23,24)25/h7-10,12-13H,5-6,11H2,1-4H3,(H,26,29). The summed E-state index contributed by atoms with van der Waals surface area (Å²) >= 11 is 0. The Morgan fingerprint density at radius 2 is 1.77 bits per heavy atom. The highest BCUT2D eigenvalue weighted by molar-refractivity contribution is 5.94. The highest BCUT2D eigenvalue weighted by Crippen LogP contribution is 2.37. The van der Waals surface area contributed by atoms with Gasteiger partial charge in [0, 0.05) is 31.8 Å². The quantitative estimate of drug-likeness (QED) is 0.451. The number of Topliss-reactive ketones (excluding diaryl/α,β-unsaturated/α-hetero) is 1. The zero-order valence-electron chi connectivity index (χ0n) is 17.8. The van der Waals surface area contributed by atoms with Crippen LogP contribution in [0.25, 0.3) is 0 Å². The van der Waals surface area contributed by atoms with Crippen molar-refractivity contribution in [3.8, 4) is 11.5 Å². The second kappa shape index (κ2) is 10.2. The fourth-order valence-corrected chi connectivity index (χ4v) is 2.79. The number of alkyl halides is 3. The maximum atomic E-state index is 13.4. The summed E-state index contributed by atoms with van der Waals surface area (Å²) in [4.78, 5) is 25.1. The number of carbonyl (C=O) groups excluding carboxylic acids is 2. The number of ether oxygens (including phenoxy) is 2. The molecule has 0 atom stereocenters. The highest BCUT2D eigenvalue weighted by Gasteiger charge is 2.34. The molecule has 6 nitrogen and oxygen atoms in total. The Balaban J connectivity index is 1.95. The molecule has 0 spiro atoms. The van der Waals surface area contributed by atoms with Gasteiger partial charge in [-0.15, -0.1) is 0 Å². The van der Waals surface area contributed by atoms with Crippen molar-refractivity contribution in [2.24, 2.45) is 0 Å². The van der Waals surface area contributed by atoms with Gasteiger partial charge in [0.25, 0.3) is 0 Å². The molecule has 168 valence electrons. The van der Waals surface area contributed by atoms with Crippen LogP contribution in [0.5, 0.6) is 11.5 Å². The summed E-state index contributed by atoms with van der Waals surface area (Å²) in [6, 6.07) is 8.50. The minimum absolute atomic E-state index is 0.0272. The zero-order valence-corrected chi connectivity index (χ0v) is 17.8. The number of amides is 1. The second-order valence-corrected chi connectivity index (χ2v) is 7.04. The minimum atomic E-state index is -4.60. The van der Waals surface area contributed by atoms with Gasteiger partial charge in [-0.1, -0.05) is 0 Å². The van der Waals surface area contributed by atoms with E-state index in [1.165, 1.54) is 26.2 Å². The van der Waals surface area contributed by atoms with Crippen LogP contribution in [0.3, 0.4) is 0 Å². The topological polar surface area (TPSA) is 67.9 Å². The molecule has 0 aliphatic rings. The first-order valence-corrected chi connectivity index (χ1v) is 9.53. The molecule has 9 heteroatoms. The summed E-state index contributed by atoms with van der Waals surface area (Å²) < 4.78 is 50.9. The number of nitrogens with one attached hydrogen (secondary N) is 1. The van der Waals surface area contributed by atoms with Gasteiger partial charge in [0.15, 0.2) is 17.3 Å². The molecule has 0 unspecified atom stereocenters. The van der Waals surface area contributed by atoms with Crippen molar-refractivity contribution in [2.75, 3.05) is 38.0 Å². The maximum absolute atomic E-state index is 13.4. The molecule has 0 radical (unpaired) electrons. The SMILES string of the molecule is COc1cc(C(C)=O)ccc1OCCCC(=O)Nc1ccc(N(C)C)cc1C(F)(F)F. The van der Waals surface area contributed by atoms with Gasteiger partial charge in [0.2, 0.25) is 5.91 Å². The summed E-state index contributed by atoms with van der Waals surface area (Å²) in [5, 5.41) is 2.33. The Labute approximate surface area is 178 Å². The molecule has 0 saturated carbocycles. The third-order valence-electron chi connectivity index (χ3n) is 4.47. The normalized spacial score (nSPS) is 11.1. The van der Waals surface area contributed by atoms with Crippen LogP contribution in [0.1, 0.15) is 35.7 Å².